The highest BCUT2D eigenvalue weighted by Gasteiger charge is 2.24. The Bertz CT molecular complexity index is 913. The number of hydrogen-bond acceptors (Lipinski definition) is 8. The average Bonchev–Trinajstić information content (AvgIpc) is 3.23. The molecule has 1 aliphatic rings. The summed E-state index contributed by atoms with van der Waals surface area (Å²) in [4.78, 5) is 29.5. The van der Waals surface area contributed by atoms with Crippen molar-refractivity contribution in [3.05, 3.63) is 27.1 Å². The van der Waals surface area contributed by atoms with E-state index in [-0.39, 0.29) is 24.1 Å². The predicted octanol–water partition coefficient (Wildman–Crippen LogP) is 4.04. The van der Waals surface area contributed by atoms with Gasteiger partial charge in [-0.05, 0) is 37.7 Å². The lowest BCUT2D eigenvalue weighted by Gasteiger charge is -2.17. The van der Waals surface area contributed by atoms with E-state index in [0.717, 1.165) is 29.2 Å². The Hall–Kier alpha value is -1.89. The molecule has 2 aromatic heterocycles. The summed E-state index contributed by atoms with van der Waals surface area (Å²) in [7, 11) is 0. The number of esters is 1. The minimum Gasteiger partial charge on any atom is -0.466 e. The summed E-state index contributed by atoms with van der Waals surface area (Å²) in [5.41, 5.74) is 2.38. The van der Waals surface area contributed by atoms with Crippen LogP contribution in [0.15, 0.2) is 9.72 Å². The van der Waals surface area contributed by atoms with Crippen LogP contribution in [0.5, 0.6) is 0 Å². The summed E-state index contributed by atoms with van der Waals surface area (Å²) in [6, 6.07) is 2.26. The number of nitriles is 1. The average molecular weight is 436 g/mol. The molecule has 0 radical (unpaired) electrons. The smallest absolute Gasteiger partial charge is 0.311 e. The lowest BCUT2D eigenvalue weighted by atomic mass is 9.89. The zero-order valence-electron chi connectivity index (χ0n) is 15.7. The number of carbonyl (C=O) groups excluding carboxylic acids is 2. The first-order chi connectivity index (χ1) is 13.5. The van der Waals surface area contributed by atoms with Crippen LogP contribution in [0.1, 0.15) is 42.0 Å². The molecule has 1 amide bonds. The summed E-state index contributed by atoms with van der Waals surface area (Å²) in [6.07, 6.45) is 3.10. The molecule has 1 atom stereocenters. The van der Waals surface area contributed by atoms with Gasteiger partial charge in [0.2, 0.25) is 5.91 Å². The van der Waals surface area contributed by atoms with Gasteiger partial charge in [-0.2, -0.15) is 5.26 Å². The van der Waals surface area contributed by atoms with Gasteiger partial charge in [-0.25, -0.2) is 4.98 Å². The molecule has 1 aliphatic carbocycles. The van der Waals surface area contributed by atoms with Crippen LogP contribution in [0, 0.1) is 17.2 Å². The first-order valence-electron chi connectivity index (χ1n) is 9.07. The number of thiophene rings is 1. The maximum absolute atomic E-state index is 12.4. The number of anilines is 1. The fraction of sp³-hybridized carbons (Fsp3) is 0.474. The molecular formula is C19H21N3O3S3. The topological polar surface area (TPSA) is 92.1 Å². The number of nitrogens with zero attached hydrogens (tertiary/aromatic N) is 2. The molecule has 1 N–H and O–H groups in total. The van der Waals surface area contributed by atoms with Crippen molar-refractivity contribution in [2.45, 2.75) is 43.9 Å². The van der Waals surface area contributed by atoms with Crippen LogP contribution in [-0.2, 0) is 33.6 Å². The summed E-state index contributed by atoms with van der Waals surface area (Å²) >= 11 is 4.25. The van der Waals surface area contributed by atoms with Crippen LogP contribution in [0.4, 0.5) is 5.00 Å². The van der Waals surface area contributed by atoms with Crippen molar-refractivity contribution in [1.82, 2.24) is 4.98 Å². The van der Waals surface area contributed by atoms with Gasteiger partial charge in [0.05, 0.1) is 30.0 Å². The fourth-order valence-corrected chi connectivity index (χ4v) is 6.06. The number of thiazole rings is 1. The number of fused-ring (bicyclic) bond motifs is 1. The van der Waals surface area contributed by atoms with Crippen LogP contribution in [0.25, 0.3) is 0 Å². The molecule has 2 aromatic rings. The third-order valence-corrected chi connectivity index (χ3v) is 7.60. The summed E-state index contributed by atoms with van der Waals surface area (Å²) in [5.74, 6) is 0.360. The second kappa shape index (κ2) is 9.54. The van der Waals surface area contributed by atoms with E-state index >= 15 is 0 Å². The van der Waals surface area contributed by atoms with Crippen molar-refractivity contribution in [2.24, 2.45) is 5.92 Å². The molecule has 0 aliphatic heterocycles. The van der Waals surface area contributed by atoms with E-state index in [1.54, 1.807) is 12.3 Å². The molecule has 0 saturated heterocycles. The second-order valence-electron chi connectivity index (χ2n) is 6.59. The van der Waals surface area contributed by atoms with Crippen molar-refractivity contribution in [3.63, 3.8) is 0 Å². The molecule has 28 heavy (non-hydrogen) atoms. The van der Waals surface area contributed by atoms with Gasteiger partial charge in [0.25, 0.3) is 0 Å². The number of amides is 1. The van der Waals surface area contributed by atoms with Gasteiger partial charge >= 0.3 is 5.97 Å². The van der Waals surface area contributed by atoms with E-state index < -0.39 is 0 Å². The third-order valence-electron chi connectivity index (χ3n) is 4.36. The molecule has 6 nitrogen and oxygen atoms in total. The van der Waals surface area contributed by atoms with Crippen LogP contribution in [0.2, 0.25) is 0 Å². The number of thioether (sulfide) groups is 1. The van der Waals surface area contributed by atoms with E-state index in [2.05, 4.69) is 23.3 Å². The summed E-state index contributed by atoms with van der Waals surface area (Å²) < 4.78 is 5.64. The quantitative estimate of drug-likeness (QED) is 0.521. The van der Waals surface area contributed by atoms with Gasteiger partial charge in [0.15, 0.2) is 4.34 Å². The standard InChI is InChI=1S/C19H21N3O3S3/c1-3-25-17(24)7-12-9-26-19(21-12)27-10-16(23)22-18-14(8-20)13-5-4-11(2)6-15(13)28-18/h9,11H,3-7,10H2,1-2H3,(H,22,23)/t11-/m0/s1. The number of ether oxygens (including phenoxy) is 1. The van der Waals surface area contributed by atoms with Gasteiger partial charge in [0, 0.05) is 10.3 Å². The molecule has 148 valence electrons. The van der Waals surface area contributed by atoms with E-state index in [1.165, 1.54) is 39.3 Å². The normalized spacial score (nSPS) is 15.5. The Kier molecular flexibility index (Phi) is 7.10. The highest BCUT2D eigenvalue weighted by molar-refractivity contribution is 8.01. The van der Waals surface area contributed by atoms with E-state index in [0.29, 0.717) is 28.8 Å². The van der Waals surface area contributed by atoms with Crippen LogP contribution >= 0.6 is 34.4 Å². The molecule has 0 saturated carbocycles. The molecule has 0 aromatic carbocycles. The van der Waals surface area contributed by atoms with Gasteiger partial charge in [-0.15, -0.1) is 22.7 Å². The monoisotopic (exact) mass is 435 g/mol. The minimum atomic E-state index is -0.304. The fourth-order valence-electron chi connectivity index (χ4n) is 3.04. The molecule has 0 fully saturated rings. The molecule has 0 spiro atoms. The van der Waals surface area contributed by atoms with E-state index in [4.69, 9.17) is 4.74 Å². The molecular weight excluding hydrogens is 414 g/mol. The van der Waals surface area contributed by atoms with Gasteiger partial charge in [-0.1, -0.05) is 18.7 Å². The van der Waals surface area contributed by atoms with Crippen molar-refractivity contribution in [1.29, 1.82) is 5.26 Å². The number of rotatable bonds is 7. The number of nitrogens with one attached hydrogen (secondary N) is 1. The van der Waals surface area contributed by atoms with Gasteiger partial charge in [-0.3, -0.25) is 9.59 Å². The van der Waals surface area contributed by atoms with Crippen LogP contribution < -0.4 is 5.32 Å². The lowest BCUT2D eigenvalue weighted by molar-refractivity contribution is -0.142. The highest BCUT2D eigenvalue weighted by Crippen LogP contribution is 2.39. The molecule has 3 rings (SSSR count). The Morgan fingerprint density at radius 3 is 3.07 bits per heavy atom. The lowest BCUT2D eigenvalue weighted by Crippen LogP contribution is -2.14. The Morgan fingerprint density at radius 2 is 2.32 bits per heavy atom. The first-order valence-corrected chi connectivity index (χ1v) is 11.8. The summed E-state index contributed by atoms with van der Waals surface area (Å²) in [5, 5.41) is 14.9. The van der Waals surface area contributed by atoms with Crippen LogP contribution in [-0.4, -0.2) is 29.2 Å². The van der Waals surface area contributed by atoms with Gasteiger partial charge in [0.1, 0.15) is 11.1 Å². The predicted molar refractivity (Wildman–Crippen MR) is 112 cm³/mol. The zero-order valence-corrected chi connectivity index (χ0v) is 18.2. The second-order valence-corrected chi connectivity index (χ2v) is 9.78. The minimum absolute atomic E-state index is 0.141. The zero-order chi connectivity index (χ0) is 20.1. The van der Waals surface area contributed by atoms with E-state index in [1.807, 2.05) is 0 Å². The van der Waals surface area contributed by atoms with Crippen molar-refractivity contribution in [3.8, 4) is 6.07 Å². The Morgan fingerprint density at radius 1 is 1.50 bits per heavy atom. The van der Waals surface area contributed by atoms with E-state index in [9.17, 15) is 14.9 Å². The molecule has 0 bridgehead atoms. The van der Waals surface area contributed by atoms with Crippen molar-refractivity contribution in [2.75, 3.05) is 17.7 Å². The molecule has 0 unspecified atom stereocenters. The SMILES string of the molecule is CCOC(=O)Cc1csc(SCC(=O)Nc2sc3c(c2C#N)CC[C@H](C)C3)n1. The summed E-state index contributed by atoms with van der Waals surface area (Å²) in [6.45, 7) is 4.33. The highest BCUT2D eigenvalue weighted by atomic mass is 32.2. The largest absolute Gasteiger partial charge is 0.466 e. The van der Waals surface area contributed by atoms with Crippen LogP contribution in [0.3, 0.4) is 0 Å². The molecule has 2 heterocycles. The Balaban J connectivity index is 1.56. The molecule has 9 heteroatoms. The third kappa shape index (κ3) is 5.13. The van der Waals surface area contributed by atoms with Crippen molar-refractivity contribution < 1.29 is 14.3 Å². The van der Waals surface area contributed by atoms with Crippen molar-refractivity contribution >= 4 is 51.3 Å². The first kappa shape index (κ1) is 20.8. The number of hydrogen-bond donors (Lipinski definition) is 1. The Labute approximate surface area is 176 Å². The maximum Gasteiger partial charge on any atom is 0.311 e. The van der Waals surface area contributed by atoms with Gasteiger partial charge < -0.3 is 10.1 Å². The number of carbonyl (C=O) groups is 2. The number of aromatic nitrogens is 1. The maximum atomic E-state index is 12.4.